The zero-order chi connectivity index (χ0) is 16.6. The Hall–Kier alpha value is -1.24. The lowest BCUT2D eigenvalue weighted by Crippen LogP contribution is -2.38. The number of hydrogen-bond donors (Lipinski definition) is 0. The topological polar surface area (TPSA) is 56.7 Å². The van der Waals surface area contributed by atoms with E-state index in [9.17, 15) is 0 Å². The standard InChI is InChI=1S/C18H29N3O3/c1-2-15-13-19-18(20-14-15)21-8-6-16(7-9-21)22-11-12-24-17-5-3-4-10-23-17/h13-14,16-17H,2-12H2,1H3. The molecule has 1 aromatic rings. The largest absolute Gasteiger partial charge is 0.376 e. The summed E-state index contributed by atoms with van der Waals surface area (Å²) in [7, 11) is 0. The van der Waals surface area contributed by atoms with Crippen molar-refractivity contribution >= 4 is 5.95 Å². The lowest BCUT2D eigenvalue weighted by atomic mass is 10.1. The van der Waals surface area contributed by atoms with Gasteiger partial charge in [-0.3, -0.25) is 0 Å². The third-order valence-corrected chi connectivity index (χ3v) is 4.70. The molecule has 2 saturated heterocycles. The van der Waals surface area contributed by atoms with Gasteiger partial charge in [0.15, 0.2) is 6.29 Å². The van der Waals surface area contributed by atoms with Crippen LogP contribution in [-0.2, 0) is 20.6 Å². The minimum absolute atomic E-state index is 0.0209. The summed E-state index contributed by atoms with van der Waals surface area (Å²) in [6.45, 7) is 6.10. The van der Waals surface area contributed by atoms with Gasteiger partial charge in [-0.15, -0.1) is 0 Å². The molecule has 3 heterocycles. The molecule has 0 amide bonds. The van der Waals surface area contributed by atoms with Gasteiger partial charge in [0.2, 0.25) is 5.95 Å². The fourth-order valence-electron chi connectivity index (χ4n) is 3.15. The summed E-state index contributed by atoms with van der Waals surface area (Å²) in [6, 6.07) is 0. The van der Waals surface area contributed by atoms with E-state index in [1.807, 2.05) is 12.4 Å². The molecule has 6 heteroatoms. The van der Waals surface area contributed by atoms with Crippen molar-refractivity contribution in [2.45, 2.75) is 57.8 Å². The molecule has 0 saturated carbocycles. The molecule has 1 atom stereocenters. The van der Waals surface area contributed by atoms with E-state index < -0.39 is 0 Å². The van der Waals surface area contributed by atoms with Crippen molar-refractivity contribution in [1.82, 2.24) is 9.97 Å². The molecule has 0 N–H and O–H groups in total. The maximum atomic E-state index is 5.95. The number of ether oxygens (including phenoxy) is 3. The van der Waals surface area contributed by atoms with Crippen LogP contribution < -0.4 is 4.90 Å². The van der Waals surface area contributed by atoms with E-state index in [1.54, 1.807) is 0 Å². The third-order valence-electron chi connectivity index (χ3n) is 4.70. The van der Waals surface area contributed by atoms with E-state index >= 15 is 0 Å². The smallest absolute Gasteiger partial charge is 0.225 e. The van der Waals surface area contributed by atoms with Crippen LogP contribution >= 0.6 is 0 Å². The highest BCUT2D eigenvalue weighted by Crippen LogP contribution is 2.18. The zero-order valence-corrected chi connectivity index (χ0v) is 14.7. The molecule has 2 aliphatic rings. The maximum Gasteiger partial charge on any atom is 0.225 e. The molecule has 0 bridgehead atoms. The summed E-state index contributed by atoms with van der Waals surface area (Å²) in [4.78, 5) is 11.2. The molecule has 134 valence electrons. The lowest BCUT2D eigenvalue weighted by Gasteiger charge is -2.32. The van der Waals surface area contributed by atoms with Crippen molar-refractivity contribution in [3.63, 3.8) is 0 Å². The molecule has 0 spiro atoms. The molecular weight excluding hydrogens is 306 g/mol. The molecule has 0 aromatic carbocycles. The number of hydrogen-bond acceptors (Lipinski definition) is 6. The second-order valence-electron chi connectivity index (χ2n) is 6.47. The first kappa shape index (κ1) is 17.6. The van der Waals surface area contributed by atoms with Gasteiger partial charge in [-0.05, 0) is 44.1 Å². The van der Waals surface area contributed by atoms with Crippen molar-refractivity contribution in [1.29, 1.82) is 0 Å². The van der Waals surface area contributed by atoms with Crippen LogP contribution in [0.15, 0.2) is 12.4 Å². The maximum absolute atomic E-state index is 5.95. The van der Waals surface area contributed by atoms with E-state index in [0.29, 0.717) is 19.3 Å². The number of nitrogens with zero attached hydrogens (tertiary/aromatic N) is 3. The van der Waals surface area contributed by atoms with Gasteiger partial charge in [-0.25, -0.2) is 9.97 Å². The Morgan fingerprint density at radius 2 is 1.83 bits per heavy atom. The third kappa shape index (κ3) is 5.13. The van der Waals surface area contributed by atoms with E-state index in [0.717, 1.165) is 57.7 Å². The fraction of sp³-hybridized carbons (Fsp3) is 0.778. The number of aromatic nitrogens is 2. The Morgan fingerprint density at radius 1 is 1.08 bits per heavy atom. The van der Waals surface area contributed by atoms with Crippen molar-refractivity contribution in [3.05, 3.63) is 18.0 Å². The summed E-state index contributed by atoms with van der Waals surface area (Å²) in [6.07, 6.45) is 10.5. The molecule has 0 radical (unpaired) electrons. The van der Waals surface area contributed by atoms with Crippen LogP contribution in [-0.4, -0.2) is 55.3 Å². The first-order valence-corrected chi connectivity index (χ1v) is 9.26. The number of piperidine rings is 1. The number of anilines is 1. The van der Waals surface area contributed by atoms with E-state index in [4.69, 9.17) is 14.2 Å². The monoisotopic (exact) mass is 335 g/mol. The highest BCUT2D eigenvalue weighted by Gasteiger charge is 2.21. The molecule has 3 rings (SSSR count). The first-order chi connectivity index (χ1) is 11.8. The van der Waals surface area contributed by atoms with Crippen LogP contribution in [0, 0.1) is 0 Å². The SMILES string of the molecule is CCc1cnc(N2CCC(OCCOC3CCCCO3)CC2)nc1. The first-order valence-electron chi connectivity index (χ1n) is 9.26. The molecule has 1 aromatic heterocycles. The zero-order valence-electron chi connectivity index (χ0n) is 14.7. The molecule has 2 fully saturated rings. The lowest BCUT2D eigenvalue weighted by molar-refractivity contribution is -0.171. The molecule has 2 aliphatic heterocycles. The summed E-state index contributed by atoms with van der Waals surface area (Å²) >= 11 is 0. The summed E-state index contributed by atoms with van der Waals surface area (Å²) < 4.78 is 17.2. The summed E-state index contributed by atoms with van der Waals surface area (Å²) in [5.74, 6) is 0.837. The van der Waals surface area contributed by atoms with Crippen LogP contribution in [0.25, 0.3) is 0 Å². The quantitative estimate of drug-likeness (QED) is 0.714. The second-order valence-corrected chi connectivity index (χ2v) is 6.47. The van der Waals surface area contributed by atoms with Crippen LogP contribution in [0.1, 0.15) is 44.6 Å². The minimum Gasteiger partial charge on any atom is -0.376 e. The highest BCUT2D eigenvalue weighted by molar-refractivity contribution is 5.30. The molecule has 1 unspecified atom stereocenters. The van der Waals surface area contributed by atoms with Crippen LogP contribution in [0.4, 0.5) is 5.95 Å². The summed E-state index contributed by atoms with van der Waals surface area (Å²) in [5.41, 5.74) is 1.18. The molecule has 0 aliphatic carbocycles. The number of aryl methyl sites for hydroxylation is 1. The van der Waals surface area contributed by atoms with Gasteiger partial charge in [-0.2, -0.15) is 0 Å². The minimum atomic E-state index is -0.0209. The molecular formula is C18H29N3O3. The molecule has 24 heavy (non-hydrogen) atoms. The van der Waals surface area contributed by atoms with Gasteiger partial charge >= 0.3 is 0 Å². The van der Waals surface area contributed by atoms with E-state index in [1.165, 1.54) is 12.0 Å². The van der Waals surface area contributed by atoms with Gasteiger partial charge in [0.05, 0.1) is 19.3 Å². The predicted octanol–water partition coefficient (Wildman–Crippen LogP) is 2.57. The van der Waals surface area contributed by atoms with Crippen LogP contribution in [0.3, 0.4) is 0 Å². The Morgan fingerprint density at radius 3 is 2.50 bits per heavy atom. The van der Waals surface area contributed by atoms with Gasteiger partial charge in [-0.1, -0.05) is 6.92 Å². The van der Waals surface area contributed by atoms with Gasteiger partial charge in [0.1, 0.15) is 0 Å². The van der Waals surface area contributed by atoms with Crippen molar-refractivity contribution in [3.8, 4) is 0 Å². The Labute approximate surface area is 144 Å². The highest BCUT2D eigenvalue weighted by atomic mass is 16.7. The Kier molecular flexibility index (Phi) is 6.81. The van der Waals surface area contributed by atoms with Gasteiger partial charge in [0, 0.05) is 32.1 Å². The van der Waals surface area contributed by atoms with Crippen molar-refractivity contribution in [2.24, 2.45) is 0 Å². The average molecular weight is 335 g/mol. The van der Waals surface area contributed by atoms with Crippen LogP contribution in [0.2, 0.25) is 0 Å². The van der Waals surface area contributed by atoms with Crippen LogP contribution in [0.5, 0.6) is 0 Å². The summed E-state index contributed by atoms with van der Waals surface area (Å²) in [5, 5.41) is 0. The van der Waals surface area contributed by atoms with Gasteiger partial charge in [0.25, 0.3) is 0 Å². The van der Waals surface area contributed by atoms with Crippen molar-refractivity contribution < 1.29 is 14.2 Å². The Bertz CT molecular complexity index is 469. The number of rotatable bonds is 7. The Balaban J connectivity index is 1.31. The van der Waals surface area contributed by atoms with E-state index in [2.05, 4.69) is 21.8 Å². The fourth-order valence-corrected chi connectivity index (χ4v) is 3.15. The second kappa shape index (κ2) is 9.30. The normalized spacial score (nSPS) is 22.7. The molecule has 6 nitrogen and oxygen atoms in total. The van der Waals surface area contributed by atoms with E-state index in [-0.39, 0.29) is 6.29 Å². The van der Waals surface area contributed by atoms with Crippen molar-refractivity contribution in [2.75, 3.05) is 37.8 Å². The predicted molar refractivity (Wildman–Crippen MR) is 92.1 cm³/mol. The van der Waals surface area contributed by atoms with Gasteiger partial charge < -0.3 is 19.1 Å². The average Bonchev–Trinajstić information content (AvgIpc) is 2.67.